The second kappa shape index (κ2) is 7.45. The third-order valence-corrected chi connectivity index (χ3v) is 4.54. The summed E-state index contributed by atoms with van der Waals surface area (Å²) in [7, 11) is 0. The smallest absolute Gasteiger partial charge is 0.113 e. The summed E-state index contributed by atoms with van der Waals surface area (Å²) in [5.74, 6) is 0. The number of pyridine rings is 1. The molecule has 4 aromatic rings. The Kier molecular flexibility index (Phi) is 4.71. The molecule has 2 aromatic heterocycles. The lowest BCUT2D eigenvalue weighted by Gasteiger charge is -2.11. The number of benzene rings is 2. The zero-order chi connectivity index (χ0) is 17.8. The van der Waals surface area contributed by atoms with Crippen molar-refractivity contribution in [2.75, 3.05) is 0 Å². The normalized spacial score (nSPS) is 12.3. The van der Waals surface area contributed by atoms with Gasteiger partial charge in [-0.05, 0) is 35.9 Å². The first-order chi connectivity index (χ1) is 12.8. The predicted molar refractivity (Wildman–Crippen MR) is 103 cm³/mol. The van der Waals surface area contributed by atoms with Crippen LogP contribution in [-0.2, 0) is 13.0 Å². The summed E-state index contributed by atoms with van der Waals surface area (Å²) < 4.78 is 1.87. The second-order valence-corrected chi connectivity index (χ2v) is 6.54. The Hall–Kier alpha value is -3.05. The van der Waals surface area contributed by atoms with Crippen molar-refractivity contribution in [3.05, 3.63) is 78.8 Å². The fraction of sp³-hybridized carbons (Fsp3) is 0.190. The molecule has 1 atom stereocenters. The van der Waals surface area contributed by atoms with Crippen molar-refractivity contribution in [1.82, 2.24) is 20.0 Å². The molecule has 0 saturated heterocycles. The summed E-state index contributed by atoms with van der Waals surface area (Å²) in [6.45, 7) is 0.762. The Labute approximate surface area is 152 Å². The summed E-state index contributed by atoms with van der Waals surface area (Å²) in [4.78, 5) is 4.15. The molecule has 0 saturated carbocycles. The highest BCUT2D eigenvalue weighted by Crippen LogP contribution is 2.22. The Bertz CT molecular complexity index is 993. The van der Waals surface area contributed by atoms with E-state index in [4.69, 9.17) is 5.73 Å². The molecule has 0 bridgehead atoms. The van der Waals surface area contributed by atoms with Crippen LogP contribution in [0.5, 0.6) is 0 Å². The summed E-state index contributed by atoms with van der Waals surface area (Å²) in [6, 6.07) is 18.7. The van der Waals surface area contributed by atoms with Crippen LogP contribution in [-0.4, -0.2) is 26.0 Å². The van der Waals surface area contributed by atoms with Gasteiger partial charge in [-0.25, -0.2) is 0 Å². The van der Waals surface area contributed by atoms with Gasteiger partial charge in [-0.2, -0.15) is 0 Å². The molecule has 0 radical (unpaired) electrons. The van der Waals surface area contributed by atoms with Gasteiger partial charge in [0.2, 0.25) is 0 Å². The van der Waals surface area contributed by atoms with E-state index in [1.54, 1.807) is 6.20 Å². The highest BCUT2D eigenvalue weighted by Gasteiger charge is 2.08. The fourth-order valence-corrected chi connectivity index (χ4v) is 3.10. The van der Waals surface area contributed by atoms with E-state index in [0.29, 0.717) is 0 Å². The zero-order valence-electron chi connectivity index (χ0n) is 14.5. The number of rotatable bonds is 6. The van der Waals surface area contributed by atoms with Crippen LogP contribution < -0.4 is 5.73 Å². The van der Waals surface area contributed by atoms with Gasteiger partial charge in [-0.3, -0.25) is 9.67 Å². The lowest BCUT2D eigenvalue weighted by molar-refractivity contribution is 0.497. The van der Waals surface area contributed by atoms with Crippen molar-refractivity contribution in [3.63, 3.8) is 0 Å². The molecule has 2 aromatic carbocycles. The molecule has 5 nitrogen and oxygen atoms in total. The molecular formula is C21H21N5. The van der Waals surface area contributed by atoms with Gasteiger partial charge >= 0.3 is 0 Å². The van der Waals surface area contributed by atoms with Crippen molar-refractivity contribution in [2.24, 2.45) is 5.73 Å². The first kappa shape index (κ1) is 16.4. The van der Waals surface area contributed by atoms with Gasteiger partial charge in [0.15, 0.2) is 0 Å². The third-order valence-electron chi connectivity index (χ3n) is 4.54. The Balaban J connectivity index is 1.41. The Morgan fingerprint density at radius 1 is 1.00 bits per heavy atom. The SMILES string of the molecule is NC(CCn1cc(-c2ccc3cnccc3c2)nn1)Cc1ccccc1. The van der Waals surface area contributed by atoms with E-state index < -0.39 is 0 Å². The van der Waals surface area contributed by atoms with E-state index in [2.05, 4.69) is 45.6 Å². The van der Waals surface area contributed by atoms with Crippen molar-refractivity contribution < 1.29 is 0 Å². The van der Waals surface area contributed by atoms with Gasteiger partial charge in [0.1, 0.15) is 5.69 Å². The first-order valence-corrected chi connectivity index (χ1v) is 8.82. The number of hydrogen-bond donors (Lipinski definition) is 1. The number of fused-ring (bicyclic) bond motifs is 1. The standard InChI is InChI=1S/C21H21N5/c22-20(12-16-4-2-1-3-5-16)9-11-26-15-21(24-25-26)18-6-7-19-14-23-10-8-17(19)13-18/h1-8,10,13-15,20H,9,11-12,22H2. The van der Waals surface area contributed by atoms with Crippen LogP contribution in [0.15, 0.2) is 73.2 Å². The van der Waals surface area contributed by atoms with Crippen LogP contribution in [0.4, 0.5) is 0 Å². The van der Waals surface area contributed by atoms with E-state index >= 15 is 0 Å². The van der Waals surface area contributed by atoms with Crippen molar-refractivity contribution in [3.8, 4) is 11.3 Å². The molecular weight excluding hydrogens is 322 g/mol. The third kappa shape index (κ3) is 3.78. The van der Waals surface area contributed by atoms with Crippen LogP contribution in [0.1, 0.15) is 12.0 Å². The van der Waals surface area contributed by atoms with Gasteiger partial charge in [0.25, 0.3) is 0 Å². The Morgan fingerprint density at radius 2 is 1.88 bits per heavy atom. The van der Waals surface area contributed by atoms with Gasteiger partial charge in [0.05, 0.1) is 6.20 Å². The molecule has 0 spiro atoms. The summed E-state index contributed by atoms with van der Waals surface area (Å²) in [6.07, 6.45) is 7.39. The molecule has 1 unspecified atom stereocenters. The molecule has 5 heteroatoms. The van der Waals surface area contributed by atoms with E-state index in [1.807, 2.05) is 41.3 Å². The number of aryl methyl sites for hydroxylation is 1. The summed E-state index contributed by atoms with van der Waals surface area (Å²) >= 11 is 0. The summed E-state index contributed by atoms with van der Waals surface area (Å²) in [5, 5.41) is 10.8. The zero-order valence-corrected chi connectivity index (χ0v) is 14.5. The quantitative estimate of drug-likeness (QED) is 0.582. The minimum Gasteiger partial charge on any atom is -0.327 e. The van der Waals surface area contributed by atoms with Crippen LogP contribution in [0.3, 0.4) is 0 Å². The fourth-order valence-electron chi connectivity index (χ4n) is 3.10. The maximum atomic E-state index is 6.27. The van der Waals surface area contributed by atoms with Crippen LogP contribution in [0.2, 0.25) is 0 Å². The number of hydrogen-bond acceptors (Lipinski definition) is 4. The number of nitrogens with two attached hydrogens (primary N) is 1. The van der Waals surface area contributed by atoms with E-state index in [9.17, 15) is 0 Å². The lowest BCUT2D eigenvalue weighted by atomic mass is 10.0. The van der Waals surface area contributed by atoms with Crippen molar-refractivity contribution >= 4 is 10.8 Å². The largest absolute Gasteiger partial charge is 0.327 e. The average molecular weight is 343 g/mol. The molecule has 0 fully saturated rings. The minimum absolute atomic E-state index is 0.109. The van der Waals surface area contributed by atoms with Gasteiger partial charge in [0, 0.05) is 35.9 Å². The van der Waals surface area contributed by atoms with Gasteiger partial charge in [-0.1, -0.05) is 47.7 Å². The number of nitrogens with zero attached hydrogens (tertiary/aromatic N) is 4. The summed E-state index contributed by atoms with van der Waals surface area (Å²) in [5.41, 5.74) is 9.47. The maximum Gasteiger partial charge on any atom is 0.113 e. The highest BCUT2D eigenvalue weighted by molar-refractivity contribution is 5.85. The lowest BCUT2D eigenvalue weighted by Crippen LogP contribution is -2.24. The second-order valence-electron chi connectivity index (χ2n) is 6.54. The van der Waals surface area contributed by atoms with Gasteiger partial charge < -0.3 is 5.73 Å². The van der Waals surface area contributed by atoms with E-state index in [-0.39, 0.29) is 6.04 Å². The maximum absolute atomic E-state index is 6.27. The molecule has 2 heterocycles. The van der Waals surface area contributed by atoms with Crippen LogP contribution >= 0.6 is 0 Å². The van der Waals surface area contributed by atoms with E-state index in [0.717, 1.165) is 41.4 Å². The van der Waals surface area contributed by atoms with E-state index in [1.165, 1.54) is 5.56 Å². The highest BCUT2D eigenvalue weighted by atomic mass is 15.4. The number of aromatic nitrogens is 4. The van der Waals surface area contributed by atoms with Crippen LogP contribution in [0, 0.1) is 0 Å². The molecule has 0 aliphatic rings. The molecule has 0 amide bonds. The van der Waals surface area contributed by atoms with Crippen molar-refractivity contribution in [2.45, 2.75) is 25.4 Å². The van der Waals surface area contributed by atoms with Crippen molar-refractivity contribution in [1.29, 1.82) is 0 Å². The van der Waals surface area contributed by atoms with Gasteiger partial charge in [-0.15, -0.1) is 5.10 Å². The molecule has 130 valence electrons. The Morgan fingerprint density at radius 3 is 2.77 bits per heavy atom. The monoisotopic (exact) mass is 343 g/mol. The molecule has 0 aliphatic heterocycles. The predicted octanol–water partition coefficient (Wildman–Crippen LogP) is 3.45. The topological polar surface area (TPSA) is 69.6 Å². The first-order valence-electron chi connectivity index (χ1n) is 8.82. The van der Waals surface area contributed by atoms with Crippen LogP contribution in [0.25, 0.3) is 22.0 Å². The molecule has 4 rings (SSSR count). The molecule has 2 N–H and O–H groups in total. The molecule has 26 heavy (non-hydrogen) atoms. The average Bonchev–Trinajstić information content (AvgIpc) is 3.16. The molecule has 0 aliphatic carbocycles. The minimum atomic E-state index is 0.109.